The van der Waals surface area contributed by atoms with Gasteiger partial charge in [-0.05, 0) is 47.9 Å². The lowest BCUT2D eigenvalue weighted by Gasteiger charge is -2.06. The molecule has 0 radical (unpaired) electrons. The number of aliphatic carboxylic acids is 1. The van der Waals surface area contributed by atoms with Crippen molar-refractivity contribution >= 4 is 18.1 Å². The molecule has 1 aromatic carbocycles. The summed E-state index contributed by atoms with van der Waals surface area (Å²) in [4.78, 5) is 19.5. The number of pyridine rings is 2. The van der Waals surface area contributed by atoms with E-state index in [-0.39, 0.29) is 0 Å². The second kappa shape index (κ2) is 7.53. The summed E-state index contributed by atoms with van der Waals surface area (Å²) in [7, 11) is 0. The molecule has 0 aliphatic heterocycles. The van der Waals surface area contributed by atoms with Gasteiger partial charge in [0.15, 0.2) is 0 Å². The van der Waals surface area contributed by atoms with Crippen LogP contribution in [0.15, 0.2) is 67.1 Å². The summed E-state index contributed by atoms with van der Waals surface area (Å²) < 4.78 is 0. The van der Waals surface area contributed by atoms with E-state index in [2.05, 4.69) is 9.97 Å². The zero-order valence-electron chi connectivity index (χ0n) is 13.8. The average molecular weight is 330 g/mol. The molecule has 0 amide bonds. The summed E-state index contributed by atoms with van der Waals surface area (Å²) in [6.45, 7) is 1.68. The number of aromatic nitrogens is 2. The number of hydrogen-bond acceptors (Lipinski definition) is 3. The van der Waals surface area contributed by atoms with Gasteiger partial charge in [0.2, 0.25) is 0 Å². The van der Waals surface area contributed by atoms with Crippen molar-refractivity contribution in [3.8, 4) is 11.1 Å². The van der Waals surface area contributed by atoms with Gasteiger partial charge < -0.3 is 5.11 Å². The van der Waals surface area contributed by atoms with E-state index in [4.69, 9.17) is 5.11 Å². The Bertz CT molecular complexity index is 870. The number of carboxylic acid groups (broad SMARTS) is 1. The molecule has 1 unspecified atom stereocenters. The molecular weight excluding hydrogens is 312 g/mol. The van der Waals surface area contributed by atoms with Crippen molar-refractivity contribution in [3.63, 3.8) is 0 Å². The summed E-state index contributed by atoms with van der Waals surface area (Å²) in [5.74, 6) is -1.32. The number of nitrogens with zero attached hydrogens (tertiary/aromatic N) is 2. The first-order chi connectivity index (χ1) is 12.1. The van der Waals surface area contributed by atoms with Crippen LogP contribution in [-0.4, -0.2) is 21.0 Å². The molecule has 4 heteroatoms. The number of carbonyl (C=O) groups is 1. The fraction of sp³-hybridized carbons (Fsp3) is 0.0952. The van der Waals surface area contributed by atoms with Gasteiger partial charge in [0.1, 0.15) is 0 Å². The van der Waals surface area contributed by atoms with Crippen molar-refractivity contribution < 1.29 is 9.90 Å². The standard InChI is InChI=1S/C21H18N2O2/c1-15(21(24)25)17-5-2-16(3-6-17)4-8-20-9-7-19(14-23-20)18-10-12-22-13-11-18/h2-15H,1H3,(H,24,25). The van der Waals surface area contributed by atoms with Gasteiger partial charge in [-0.1, -0.05) is 36.4 Å². The molecule has 0 bridgehead atoms. The van der Waals surface area contributed by atoms with Gasteiger partial charge in [-0.25, -0.2) is 0 Å². The van der Waals surface area contributed by atoms with E-state index in [1.165, 1.54) is 0 Å². The normalized spacial score (nSPS) is 12.2. The Morgan fingerprint density at radius 3 is 2.28 bits per heavy atom. The molecule has 4 nitrogen and oxygen atoms in total. The minimum Gasteiger partial charge on any atom is -0.481 e. The lowest BCUT2D eigenvalue weighted by molar-refractivity contribution is -0.138. The van der Waals surface area contributed by atoms with Gasteiger partial charge in [0.25, 0.3) is 0 Å². The van der Waals surface area contributed by atoms with Gasteiger partial charge in [-0.3, -0.25) is 14.8 Å². The molecule has 2 aromatic heterocycles. The van der Waals surface area contributed by atoms with E-state index < -0.39 is 11.9 Å². The summed E-state index contributed by atoms with van der Waals surface area (Å²) in [6, 6.07) is 15.4. The maximum absolute atomic E-state index is 11.0. The summed E-state index contributed by atoms with van der Waals surface area (Å²) in [6.07, 6.45) is 9.26. The fourth-order valence-corrected chi connectivity index (χ4v) is 2.44. The highest BCUT2D eigenvalue weighted by molar-refractivity contribution is 5.76. The first kappa shape index (κ1) is 16.6. The second-order valence-corrected chi connectivity index (χ2v) is 5.77. The molecule has 0 fully saturated rings. The maximum atomic E-state index is 11.0. The van der Waals surface area contributed by atoms with Crippen molar-refractivity contribution in [3.05, 3.63) is 83.9 Å². The second-order valence-electron chi connectivity index (χ2n) is 5.77. The first-order valence-electron chi connectivity index (χ1n) is 8.01. The van der Waals surface area contributed by atoms with E-state index in [9.17, 15) is 4.79 Å². The Morgan fingerprint density at radius 1 is 0.960 bits per heavy atom. The van der Waals surface area contributed by atoms with Crippen LogP contribution < -0.4 is 0 Å². The zero-order valence-corrected chi connectivity index (χ0v) is 13.8. The summed E-state index contributed by atoms with van der Waals surface area (Å²) in [5.41, 5.74) is 4.79. The number of benzene rings is 1. The first-order valence-corrected chi connectivity index (χ1v) is 8.01. The summed E-state index contributed by atoms with van der Waals surface area (Å²) in [5, 5.41) is 9.04. The van der Waals surface area contributed by atoms with Crippen molar-refractivity contribution in [1.82, 2.24) is 9.97 Å². The number of hydrogen-bond donors (Lipinski definition) is 1. The lowest BCUT2D eigenvalue weighted by atomic mass is 10.00. The zero-order chi connectivity index (χ0) is 17.6. The Labute approximate surface area is 146 Å². The molecule has 2 heterocycles. The predicted molar refractivity (Wildman–Crippen MR) is 98.9 cm³/mol. The molecule has 1 N–H and O–H groups in total. The van der Waals surface area contributed by atoms with Gasteiger partial charge in [-0.2, -0.15) is 0 Å². The van der Waals surface area contributed by atoms with E-state index >= 15 is 0 Å². The molecule has 124 valence electrons. The van der Waals surface area contributed by atoms with Crippen LogP contribution in [0.25, 0.3) is 23.3 Å². The van der Waals surface area contributed by atoms with Gasteiger partial charge in [-0.15, -0.1) is 0 Å². The minimum atomic E-state index is -0.818. The number of carboxylic acids is 1. The van der Waals surface area contributed by atoms with E-state index in [1.807, 2.05) is 66.9 Å². The monoisotopic (exact) mass is 330 g/mol. The van der Waals surface area contributed by atoms with Crippen LogP contribution in [0.1, 0.15) is 29.7 Å². The molecule has 25 heavy (non-hydrogen) atoms. The Balaban J connectivity index is 1.71. The third kappa shape index (κ3) is 4.18. The van der Waals surface area contributed by atoms with E-state index in [1.54, 1.807) is 19.3 Å². The molecule has 3 rings (SSSR count). The van der Waals surface area contributed by atoms with Crippen molar-refractivity contribution in [2.24, 2.45) is 0 Å². The molecule has 3 aromatic rings. The topological polar surface area (TPSA) is 63.1 Å². The Morgan fingerprint density at radius 2 is 1.68 bits per heavy atom. The van der Waals surface area contributed by atoms with Crippen LogP contribution >= 0.6 is 0 Å². The Hall–Kier alpha value is -3.27. The molecule has 0 aliphatic rings. The molecule has 0 spiro atoms. The van der Waals surface area contributed by atoms with Gasteiger partial charge in [0.05, 0.1) is 11.6 Å². The smallest absolute Gasteiger partial charge is 0.310 e. The highest BCUT2D eigenvalue weighted by atomic mass is 16.4. The van der Waals surface area contributed by atoms with Gasteiger partial charge >= 0.3 is 5.97 Å². The quantitative estimate of drug-likeness (QED) is 0.748. The highest BCUT2D eigenvalue weighted by Gasteiger charge is 2.12. The largest absolute Gasteiger partial charge is 0.481 e. The van der Waals surface area contributed by atoms with Crippen LogP contribution in [0.3, 0.4) is 0 Å². The summed E-state index contributed by atoms with van der Waals surface area (Å²) >= 11 is 0. The predicted octanol–water partition coefficient (Wildman–Crippen LogP) is 4.50. The van der Waals surface area contributed by atoms with Crippen LogP contribution in [0.4, 0.5) is 0 Å². The third-order valence-electron chi connectivity index (χ3n) is 4.05. The van der Waals surface area contributed by atoms with E-state index in [0.29, 0.717) is 0 Å². The van der Waals surface area contributed by atoms with Gasteiger partial charge in [0, 0.05) is 24.2 Å². The van der Waals surface area contributed by atoms with E-state index in [0.717, 1.165) is 27.9 Å². The van der Waals surface area contributed by atoms with Crippen LogP contribution in [0.2, 0.25) is 0 Å². The van der Waals surface area contributed by atoms with Crippen molar-refractivity contribution in [1.29, 1.82) is 0 Å². The van der Waals surface area contributed by atoms with Crippen molar-refractivity contribution in [2.75, 3.05) is 0 Å². The average Bonchev–Trinajstić information content (AvgIpc) is 2.67. The maximum Gasteiger partial charge on any atom is 0.310 e. The number of rotatable bonds is 5. The highest BCUT2D eigenvalue weighted by Crippen LogP contribution is 2.19. The van der Waals surface area contributed by atoms with Crippen LogP contribution in [-0.2, 0) is 4.79 Å². The Kier molecular flexibility index (Phi) is 5.00. The van der Waals surface area contributed by atoms with Crippen molar-refractivity contribution in [2.45, 2.75) is 12.8 Å². The van der Waals surface area contributed by atoms with Crippen LogP contribution in [0.5, 0.6) is 0 Å². The molecule has 0 saturated carbocycles. The van der Waals surface area contributed by atoms with Crippen LogP contribution in [0, 0.1) is 0 Å². The molecule has 1 atom stereocenters. The SMILES string of the molecule is CC(C(=O)O)c1ccc(C=Cc2ccc(-c3ccncc3)cn2)cc1. The molecule has 0 saturated heterocycles. The lowest BCUT2D eigenvalue weighted by Crippen LogP contribution is -2.06. The fourth-order valence-electron chi connectivity index (χ4n) is 2.44. The third-order valence-corrected chi connectivity index (χ3v) is 4.05. The minimum absolute atomic E-state index is 0.500. The molecule has 0 aliphatic carbocycles. The molecular formula is C21H18N2O2.